The van der Waals surface area contributed by atoms with Gasteiger partial charge in [-0.25, -0.2) is 0 Å². The van der Waals surface area contributed by atoms with E-state index in [2.05, 4.69) is 29.2 Å². The highest BCUT2D eigenvalue weighted by molar-refractivity contribution is 5.83. The summed E-state index contributed by atoms with van der Waals surface area (Å²) in [7, 11) is 1.93. The summed E-state index contributed by atoms with van der Waals surface area (Å²) in [6.07, 6.45) is 8.34. The van der Waals surface area contributed by atoms with Crippen molar-refractivity contribution in [3.05, 3.63) is 35.9 Å². The number of carbonyl (C=O) groups excluding carboxylic acids is 2. The molecule has 0 radical (unpaired) electrons. The van der Waals surface area contributed by atoms with Gasteiger partial charge in [-0.3, -0.25) is 9.59 Å². The summed E-state index contributed by atoms with van der Waals surface area (Å²) in [5, 5.41) is 0. The van der Waals surface area contributed by atoms with Crippen molar-refractivity contribution in [1.29, 1.82) is 0 Å². The number of hydrogen-bond donors (Lipinski definition) is 0. The third-order valence-corrected chi connectivity index (χ3v) is 6.41. The van der Waals surface area contributed by atoms with Gasteiger partial charge in [-0.1, -0.05) is 43.2 Å². The molecule has 1 unspecified atom stereocenters. The molecule has 5 heteroatoms. The van der Waals surface area contributed by atoms with E-state index in [0.717, 1.165) is 45.6 Å². The maximum Gasteiger partial charge on any atom is 0.227 e. The van der Waals surface area contributed by atoms with E-state index in [-0.39, 0.29) is 17.7 Å². The van der Waals surface area contributed by atoms with Gasteiger partial charge in [0.1, 0.15) is 0 Å². The van der Waals surface area contributed by atoms with Crippen molar-refractivity contribution < 1.29 is 9.59 Å². The summed E-state index contributed by atoms with van der Waals surface area (Å²) in [5.74, 6) is 0.369. The van der Waals surface area contributed by atoms with Crippen molar-refractivity contribution in [3.63, 3.8) is 0 Å². The molecular formula is C24H37N3O2. The van der Waals surface area contributed by atoms with Gasteiger partial charge in [0.25, 0.3) is 0 Å². The first kappa shape index (κ1) is 21.8. The van der Waals surface area contributed by atoms with Crippen molar-refractivity contribution >= 4 is 11.8 Å². The van der Waals surface area contributed by atoms with Crippen LogP contribution in [0.15, 0.2) is 30.3 Å². The predicted molar refractivity (Wildman–Crippen MR) is 117 cm³/mol. The Morgan fingerprint density at radius 1 is 1.07 bits per heavy atom. The van der Waals surface area contributed by atoms with E-state index in [1.807, 2.05) is 22.9 Å². The van der Waals surface area contributed by atoms with Crippen LogP contribution in [0.2, 0.25) is 0 Å². The molecule has 29 heavy (non-hydrogen) atoms. The minimum atomic E-state index is -0.0430. The molecule has 160 valence electrons. The van der Waals surface area contributed by atoms with Gasteiger partial charge in [-0.05, 0) is 50.8 Å². The number of rotatable bonds is 8. The molecule has 2 heterocycles. The van der Waals surface area contributed by atoms with Crippen LogP contribution in [0.3, 0.4) is 0 Å². The minimum absolute atomic E-state index is 0.0430. The Kier molecular flexibility index (Phi) is 8.53. The molecule has 1 aromatic carbocycles. The lowest BCUT2D eigenvalue weighted by molar-refractivity contribution is -0.142. The molecule has 2 amide bonds. The summed E-state index contributed by atoms with van der Waals surface area (Å²) in [6.45, 7) is 5.41. The largest absolute Gasteiger partial charge is 0.344 e. The summed E-state index contributed by atoms with van der Waals surface area (Å²) in [4.78, 5) is 31.6. The molecule has 2 saturated heterocycles. The van der Waals surface area contributed by atoms with Crippen LogP contribution < -0.4 is 0 Å². The standard InChI is InChI=1S/C24H37N3O2/c1-25(18-19-26-15-7-2-3-8-16-26)24(29)22-13-14-23(28)27(20-22)17-9-12-21-10-5-4-6-11-21/h4-6,10-11,22H,2-3,7-9,12-20H2,1H3. The highest BCUT2D eigenvalue weighted by Crippen LogP contribution is 2.20. The lowest BCUT2D eigenvalue weighted by Crippen LogP contribution is -2.47. The average molecular weight is 400 g/mol. The van der Waals surface area contributed by atoms with Crippen LogP contribution in [0, 0.1) is 5.92 Å². The Balaban J connectivity index is 1.42. The summed E-state index contributed by atoms with van der Waals surface area (Å²) < 4.78 is 0. The van der Waals surface area contributed by atoms with Gasteiger partial charge in [0.05, 0.1) is 5.92 Å². The van der Waals surface area contributed by atoms with Crippen LogP contribution in [-0.4, -0.2) is 72.8 Å². The lowest BCUT2D eigenvalue weighted by atomic mass is 9.95. The number of benzene rings is 1. The summed E-state index contributed by atoms with van der Waals surface area (Å²) in [5.41, 5.74) is 1.30. The van der Waals surface area contributed by atoms with E-state index in [1.54, 1.807) is 0 Å². The van der Waals surface area contributed by atoms with Crippen molar-refractivity contribution in [3.8, 4) is 0 Å². The topological polar surface area (TPSA) is 43.9 Å². The van der Waals surface area contributed by atoms with Crippen LogP contribution in [0.1, 0.15) is 50.5 Å². The third kappa shape index (κ3) is 6.84. The second kappa shape index (κ2) is 11.3. The second-order valence-electron chi connectivity index (χ2n) is 8.68. The van der Waals surface area contributed by atoms with E-state index < -0.39 is 0 Å². The summed E-state index contributed by atoms with van der Waals surface area (Å²) >= 11 is 0. The Morgan fingerprint density at radius 3 is 2.52 bits per heavy atom. The predicted octanol–water partition coefficient (Wildman–Crippen LogP) is 3.19. The number of likely N-dealkylation sites (tertiary alicyclic amines) is 2. The van der Waals surface area contributed by atoms with Crippen molar-refractivity contribution in [2.45, 2.75) is 51.4 Å². The molecule has 3 rings (SSSR count). The highest BCUT2D eigenvalue weighted by Gasteiger charge is 2.31. The zero-order chi connectivity index (χ0) is 20.5. The molecule has 1 aromatic rings. The molecular weight excluding hydrogens is 362 g/mol. The molecule has 0 spiro atoms. The molecule has 0 saturated carbocycles. The minimum Gasteiger partial charge on any atom is -0.344 e. The first-order chi connectivity index (χ1) is 14.1. The van der Waals surface area contributed by atoms with Gasteiger partial charge in [-0.2, -0.15) is 0 Å². The fourth-order valence-corrected chi connectivity index (χ4v) is 4.52. The number of amides is 2. The van der Waals surface area contributed by atoms with Crippen LogP contribution >= 0.6 is 0 Å². The maximum atomic E-state index is 13.0. The van der Waals surface area contributed by atoms with Crippen molar-refractivity contribution in [2.24, 2.45) is 5.92 Å². The van der Waals surface area contributed by atoms with Gasteiger partial charge in [0.15, 0.2) is 0 Å². The zero-order valence-corrected chi connectivity index (χ0v) is 18.0. The molecule has 1 atom stereocenters. The molecule has 0 bridgehead atoms. The lowest BCUT2D eigenvalue weighted by Gasteiger charge is -2.34. The van der Waals surface area contributed by atoms with Gasteiger partial charge in [-0.15, -0.1) is 0 Å². The van der Waals surface area contributed by atoms with Gasteiger partial charge in [0.2, 0.25) is 11.8 Å². The number of nitrogens with zero attached hydrogens (tertiary/aromatic N) is 3. The number of aryl methyl sites for hydroxylation is 1. The SMILES string of the molecule is CN(CCN1CCCCCC1)C(=O)C1CCC(=O)N(CCCc2ccccc2)C1. The molecule has 0 aromatic heterocycles. The fourth-order valence-electron chi connectivity index (χ4n) is 4.52. The number of piperidine rings is 1. The Hall–Kier alpha value is -1.88. The number of likely N-dealkylation sites (N-methyl/N-ethyl adjacent to an activating group) is 1. The van der Waals surface area contributed by atoms with Gasteiger partial charge >= 0.3 is 0 Å². The molecule has 2 fully saturated rings. The molecule has 2 aliphatic rings. The Bertz CT molecular complexity index is 641. The van der Waals surface area contributed by atoms with E-state index >= 15 is 0 Å². The van der Waals surface area contributed by atoms with Gasteiger partial charge in [0, 0.05) is 39.6 Å². The fraction of sp³-hybridized carbons (Fsp3) is 0.667. The number of carbonyl (C=O) groups is 2. The van der Waals surface area contributed by atoms with E-state index in [4.69, 9.17) is 0 Å². The van der Waals surface area contributed by atoms with Crippen LogP contribution in [0.4, 0.5) is 0 Å². The monoisotopic (exact) mass is 399 g/mol. The van der Waals surface area contributed by atoms with E-state index in [9.17, 15) is 9.59 Å². The smallest absolute Gasteiger partial charge is 0.227 e. The summed E-state index contributed by atoms with van der Waals surface area (Å²) in [6, 6.07) is 10.4. The molecule has 5 nitrogen and oxygen atoms in total. The van der Waals surface area contributed by atoms with Crippen LogP contribution in [0.25, 0.3) is 0 Å². The Labute approximate surface area is 176 Å². The van der Waals surface area contributed by atoms with E-state index in [1.165, 1.54) is 31.2 Å². The second-order valence-corrected chi connectivity index (χ2v) is 8.68. The quantitative estimate of drug-likeness (QED) is 0.674. The maximum absolute atomic E-state index is 13.0. The normalized spacial score (nSPS) is 21.1. The molecule has 0 N–H and O–H groups in total. The highest BCUT2D eigenvalue weighted by atomic mass is 16.2. The molecule has 0 aliphatic carbocycles. The van der Waals surface area contributed by atoms with Crippen molar-refractivity contribution in [1.82, 2.24) is 14.7 Å². The van der Waals surface area contributed by atoms with Crippen LogP contribution in [-0.2, 0) is 16.0 Å². The third-order valence-electron chi connectivity index (χ3n) is 6.41. The van der Waals surface area contributed by atoms with E-state index in [0.29, 0.717) is 19.4 Å². The van der Waals surface area contributed by atoms with Gasteiger partial charge < -0.3 is 14.7 Å². The zero-order valence-electron chi connectivity index (χ0n) is 18.0. The van der Waals surface area contributed by atoms with Crippen LogP contribution in [0.5, 0.6) is 0 Å². The molecule has 2 aliphatic heterocycles. The first-order valence-corrected chi connectivity index (χ1v) is 11.4. The average Bonchev–Trinajstić information content (AvgIpc) is 3.02. The Morgan fingerprint density at radius 2 is 1.79 bits per heavy atom. The number of hydrogen-bond acceptors (Lipinski definition) is 3. The first-order valence-electron chi connectivity index (χ1n) is 11.4. The van der Waals surface area contributed by atoms with Crippen molar-refractivity contribution in [2.75, 3.05) is 46.3 Å².